The van der Waals surface area contributed by atoms with Crippen LogP contribution in [0.15, 0.2) is 21.2 Å². The van der Waals surface area contributed by atoms with Gasteiger partial charge in [-0.3, -0.25) is 4.90 Å². The van der Waals surface area contributed by atoms with E-state index in [1.807, 2.05) is 12.1 Å². The van der Waals surface area contributed by atoms with Crippen molar-refractivity contribution in [1.29, 1.82) is 0 Å². The SMILES string of the molecule is CC1CCC(CN)CN1C(C)c1ccc(Br)o1. The summed E-state index contributed by atoms with van der Waals surface area (Å²) in [6.07, 6.45) is 2.48. The molecular weight excluding hydrogens is 280 g/mol. The van der Waals surface area contributed by atoms with Crippen LogP contribution in [0.4, 0.5) is 0 Å². The maximum Gasteiger partial charge on any atom is 0.169 e. The summed E-state index contributed by atoms with van der Waals surface area (Å²) < 4.78 is 6.46. The first-order chi connectivity index (χ1) is 8.11. The molecule has 1 aromatic rings. The van der Waals surface area contributed by atoms with Gasteiger partial charge < -0.3 is 10.2 Å². The van der Waals surface area contributed by atoms with E-state index < -0.39 is 0 Å². The summed E-state index contributed by atoms with van der Waals surface area (Å²) in [5, 5.41) is 0. The maximum atomic E-state index is 5.80. The molecule has 2 rings (SSSR count). The highest BCUT2D eigenvalue weighted by atomic mass is 79.9. The van der Waals surface area contributed by atoms with Gasteiger partial charge in [0.05, 0.1) is 6.04 Å². The van der Waals surface area contributed by atoms with Crippen molar-refractivity contribution < 1.29 is 4.42 Å². The number of likely N-dealkylation sites (tertiary alicyclic amines) is 1. The summed E-state index contributed by atoms with van der Waals surface area (Å²) in [5.41, 5.74) is 5.80. The van der Waals surface area contributed by atoms with E-state index in [0.717, 1.165) is 23.5 Å². The third-order valence-electron chi connectivity index (χ3n) is 3.86. The first-order valence-corrected chi connectivity index (χ1v) is 7.12. The van der Waals surface area contributed by atoms with E-state index >= 15 is 0 Å². The van der Waals surface area contributed by atoms with E-state index in [2.05, 4.69) is 34.7 Å². The molecule has 3 unspecified atom stereocenters. The number of hydrogen-bond donors (Lipinski definition) is 1. The van der Waals surface area contributed by atoms with Crippen LogP contribution in [-0.2, 0) is 0 Å². The molecule has 0 bridgehead atoms. The summed E-state index contributed by atoms with van der Waals surface area (Å²) in [5.74, 6) is 1.66. The Hall–Kier alpha value is -0.320. The fourth-order valence-electron chi connectivity index (χ4n) is 2.66. The Balaban J connectivity index is 2.09. The zero-order valence-electron chi connectivity index (χ0n) is 10.5. The van der Waals surface area contributed by atoms with Crippen LogP contribution in [0.2, 0.25) is 0 Å². The zero-order valence-corrected chi connectivity index (χ0v) is 12.1. The molecule has 0 aromatic carbocycles. The largest absolute Gasteiger partial charge is 0.453 e. The van der Waals surface area contributed by atoms with Crippen molar-refractivity contribution in [1.82, 2.24) is 4.90 Å². The van der Waals surface area contributed by atoms with Crippen LogP contribution in [0.3, 0.4) is 0 Å². The van der Waals surface area contributed by atoms with Gasteiger partial charge in [0.1, 0.15) is 5.76 Å². The normalized spacial score (nSPS) is 28.2. The standard InChI is InChI=1S/C13H21BrN2O/c1-9-3-4-11(7-15)8-16(9)10(2)12-5-6-13(14)17-12/h5-6,9-11H,3-4,7-8,15H2,1-2H3. The number of rotatable bonds is 3. The Kier molecular flexibility index (Phi) is 4.28. The molecule has 0 amide bonds. The molecule has 0 saturated carbocycles. The number of furan rings is 1. The van der Waals surface area contributed by atoms with Crippen molar-refractivity contribution in [2.75, 3.05) is 13.1 Å². The van der Waals surface area contributed by atoms with Gasteiger partial charge in [-0.1, -0.05) is 0 Å². The summed E-state index contributed by atoms with van der Waals surface area (Å²) in [6, 6.07) is 4.94. The lowest BCUT2D eigenvalue weighted by atomic mass is 9.92. The second kappa shape index (κ2) is 5.55. The van der Waals surface area contributed by atoms with Gasteiger partial charge >= 0.3 is 0 Å². The van der Waals surface area contributed by atoms with Crippen LogP contribution >= 0.6 is 15.9 Å². The van der Waals surface area contributed by atoms with E-state index in [0.29, 0.717) is 18.0 Å². The second-order valence-corrected chi connectivity index (χ2v) is 5.82. The van der Waals surface area contributed by atoms with Crippen LogP contribution in [0.1, 0.15) is 38.5 Å². The van der Waals surface area contributed by atoms with E-state index in [1.165, 1.54) is 12.8 Å². The number of halogens is 1. The Morgan fingerprint density at radius 2 is 2.29 bits per heavy atom. The van der Waals surface area contributed by atoms with Crippen LogP contribution in [0.25, 0.3) is 0 Å². The van der Waals surface area contributed by atoms with Crippen molar-refractivity contribution in [2.24, 2.45) is 11.7 Å². The van der Waals surface area contributed by atoms with Gasteiger partial charge in [-0.15, -0.1) is 0 Å². The third-order valence-corrected chi connectivity index (χ3v) is 4.29. The number of nitrogens with two attached hydrogens (primary N) is 1. The molecule has 2 heterocycles. The van der Waals surface area contributed by atoms with E-state index in [1.54, 1.807) is 0 Å². The zero-order chi connectivity index (χ0) is 12.4. The molecule has 1 aliphatic rings. The minimum Gasteiger partial charge on any atom is -0.453 e. The van der Waals surface area contributed by atoms with Crippen LogP contribution in [0, 0.1) is 5.92 Å². The fraction of sp³-hybridized carbons (Fsp3) is 0.692. The van der Waals surface area contributed by atoms with Crippen molar-refractivity contribution >= 4 is 15.9 Å². The summed E-state index contributed by atoms with van der Waals surface area (Å²) in [7, 11) is 0. The number of nitrogens with zero attached hydrogens (tertiary/aromatic N) is 1. The average Bonchev–Trinajstić information content (AvgIpc) is 2.76. The van der Waals surface area contributed by atoms with Gasteiger partial charge in [-0.25, -0.2) is 0 Å². The molecule has 0 radical (unpaired) electrons. The van der Waals surface area contributed by atoms with Crippen molar-refractivity contribution in [3.8, 4) is 0 Å². The summed E-state index contributed by atoms with van der Waals surface area (Å²) >= 11 is 3.36. The predicted molar refractivity (Wildman–Crippen MR) is 72.8 cm³/mol. The molecule has 3 nitrogen and oxygen atoms in total. The Bertz CT molecular complexity index is 366. The summed E-state index contributed by atoms with van der Waals surface area (Å²) in [4.78, 5) is 2.51. The molecule has 17 heavy (non-hydrogen) atoms. The minimum atomic E-state index is 0.325. The molecule has 1 fully saturated rings. The molecule has 1 aliphatic heterocycles. The quantitative estimate of drug-likeness (QED) is 0.932. The van der Waals surface area contributed by atoms with Crippen molar-refractivity contribution in [3.05, 3.63) is 22.6 Å². The van der Waals surface area contributed by atoms with Crippen molar-refractivity contribution in [2.45, 2.75) is 38.8 Å². The first-order valence-electron chi connectivity index (χ1n) is 6.33. The smallest absolute Gasteiger partial charge is 0.169 e. The topological polar surface area (TPSA) is 42.4 Å². The lowest BCUT2D eigenvalue weighted by Gasteiger charge is -2.40. The minimum absolute atomic E-state index is 0.325. The van der Waals surface area contributed by atoms with Gasteiger partial charge in [0.15, 0.2) is 4.67 Å². The molecular formula is C13H21BrN2O. The monoisotopic (exact) mass is 300 g/mol. The highest BCUT2D eigenvalue weighted by Crippen LogP contribution is 2.31. The predicted octanol–water partition coefficient (Wildman–Crippen LogP) is 3.16. The van der Waals surface area contributed by atoms with E-state index in [9.17, 15) is 0 Å². The lowest BCUT2D eigenvalue weighted by molar-refractivity contribution is 0.0709. The van der Waals surface area contributed by atoms with Crippen LogP contribution < -0.4 is 5.73 Å². The van der Waals surface area contributed by atoms with Crippen LogP contribution in [0.5, 0.6) is 0 Å². The van der Waals surface area contributed by atoms with Crippen molar-refractivity contribution in [3.63, 3.8) is 0 Å². The molecule has 0 spiro atoms. The molecule has 4 heteroatoms. The molecule has 0 aliphatic carbocycles. The maximum absolute atomic E-state index is 5.80. The van der Waals surface area contributed by atoms with Crippen LogP contribution in [-0.4, -0.2) is 24.0 Å². The first kappa shape index (κ1) is 13.1. The second-order valence-electron chi connectivity index (χ2n) is 5.04. The molecule has 3 atom stereocenters. The Morgan fingerprint density at radius 1 is 1.53 bits per heavy atom. The molecule has 1 saturated heterocycles. The summed E-state index contributed by atoms with van der Waals surface area (Å²) in [6.45, 7) is 6.37. The molecule has 96 valence electrons. The van der Waals surface area contributed by atoms with E-state index in [4.69, 9.17) is 10.2 Å². The molecule has 2 N–H and O–H groups in total. The number of hydrogen-bond acceptors (Lipinski definition) is 3. The Labute approximate surface area is 111 Å². The average molecular weight is 301 g/mol. The highest BCUT2D eigenvalue weighted by Gasteiger charge is 2.29. The Morgan fingerprint density at radius 3 is 2.88 bits per heavy atom. The highest BCUT2D eigenvalue weighted by molar-refractivity contribution is 9.10. The number of piperidine rings is 1. The van der Waals surface area contributed by atoms with Gasteiger partial charge in [0, 0.05) is 12.6 Å². The van der Waals surface area contributed by atoms with Gasteiger partial charge in [0.25, 0.3) is 0 Å². The lowest BCUT2D eigenvalue weighted by Crippen LogP contribution is -2.44. The van der Waals surface area contributed by atoms with E-state index in [-0.39, 0.29) is 0 Å². The third kappa shape index (κ3) is 2.92. The van der Waals surface area contributed by atoms with Gasteiger partial charge in [-0.05, 0) is 67.2 Å². The van der Waals surface area contributed by atoms with Gasteiger partial charge in [-0.2, -0.15) is 0 Å². The molecule has 1 aromatic heterocycles. The fourth-order valence-corrected chi connectivity index (χ4v) is 2.98. The van der Waals surface area contributed by atoms with Gasteiger partial charge in [0.2, 0.25) is 0 Å².